The van der Waals surface area contributed by atoms with Crippen LogP contribution in [-0.4, -0.2) is 44.5 Å². The maximum atomic E-state index is 15.0. The van der Waals surface area contributed by atoms with Gasteiger partial charge in [0, 0.05) is 43.7 Å². The Hall–Kier alpha value is -2.20. The first kappa shape index (κ1) is 22.6. The van der Waals surface area contributed by atoms with Crippen LogP contribution in [0.5, 0.6) is 0 Å². The zero-order valence-electron chi connectivity index (χ0n) is 18.0. The van der Waals surface area contributed by atoms with Gasteiger partial charge >= 0.3 is 0 Å². The van der Waals surface area contributed by atoms with Gasteiger partial charge in [0.2, 0.25) is 0 Å². The van der Waals surface area contributed by atoms with Crippen molar-refractivity contribution >= 4 is 44.5 Å². The number of hydrogen-bond donors (Lipinski definition) is 1. The average molecular weight is 507 g/mol. The molecule has 0 bridgehead atoms. The number of aromatic nitrogens is 1. The van der Waals surface area contributed by atoms with Gasteiger partial charge in [0.05, 0.1) is 16.2 Å². The summed E-state index contributed by atoms with van der Waals surface area (Å²) in [4.78, 5) is 7.86. The monoisotopic (exact) mass is 506 g/mol. The zero-order chi connectivity index (χ0) is 23.2. The second-order valence-electron chi connectivity index (χ2n) is 8.51. The number of fused-ring (bicyclic) bond motifs is 1. The molecule has 1 fully saturated rings. The molecule has 6 nitrogen and oxygen atoms in total. The molecule has 1 aliphatic carbocycles. The van der Waals surface area contributed by atoms with E-state index in [0.29, 0.717) is 11.7 Å². The second kappa shape index (κ2) is 8.87. The summed E-state index contributed by atoms with van der Waals surface area (Å²) in [5.74, 6) is -0.695. The molecule has 0 spiro atoms. The number of likely N-dealkylation sites (N-methyl/N-ethyl adjacent to an activating group) is 1. The first-order valence-corrected chi connectivity index (χ1v) is 13.6. The molecule has 2 atom stereocenters. The quantitative estimate of drug-likeness (QED) is 0.513. The lowest BCUT2D eigenvalue weighted by molar-refractivity contribution is 0.242. The third-order valence-electron chi connectivity index (χ3n) is 6.63. The Morgan fingerprint density at radius 2 is 2.09 bits per heavy atom. The largest absolute Gasteiger partial charge is 0.369 e. The van der Waals surface area contributed by atoms with Crippen molar-refractivity contribution in [3.05, 3.63) is 69.3 Å². The molecule has 2 aromatic carbocycles. The molecule has 2 heterocycles. The number of hydrogen-bond acceptors (Lipinski definition) is 6. The van der Waals surface area contributed by atoms with E-state index in [-0.39, 0.29) is 16.9 Å². The highest BCUT2D eigenvalue weighted by molar-refractivity contribution is 7.92. The summed E-state index contributed by atoms with van der Waals surface area (Å²) in [5, 5.41) is 1.73. The summed E-state index contributed by atoms with van der Waals surface area (Å²) < 4.78 is 42.5. The van der Waals surface area contributed by atoms with Gasteiger partial charge in [-0.15, -0.1) is 11.3 Å². The van der Waals surface area contributed by atoms with Gasteiger partial charge in [0.15, 0.2) is 5.82 Å². The van der Waals surface area contributed by atoms with Crippen molar-refractivity contribution in [3.63, 3.8) is 0 Å². The summed E-state index contributed by atoms with van der Waals surface area (Å²) in [5.41, 5.74) is 4.81. The van der Waals surface area contributed by atoms with Gasteiger partial charge in [-0.25, -0.2) is 17.8 Å². The molecule has 1 saturated heterocycles. The summed E-state index contributed by atoms with van der Waals surface area (Å²) in [6.45, 7) is 1.80. The number of rotatable bonds is 6. The molecule has 3 aromatic rings. The molecule has 0 unspecified atom stereocenters. The van der Waals surface area contributed by atoms with E-state index in [1.54, 1.807) is 0 Å². The predicted octanol–water partition coefficient (Wildman–Crippen LogP) is 4.93. The van der Waals surface area contributed by atoms with E-state index in [4.69, 9.17) is 11.6 Å². The molecular formula is C23H24ClFN4O2S2. The van der Waals surface area contributed by atoms with E-state index < -0.39 is 20.7 Å². The van der Waals surface area contributed by atoms with Gasteiger partial charge in [-0.2, -0.15) is 0 Å². The molecule has 2 aliphatic rings. The van der Waals surface area contributed by atoms with Crippen molar-refractivity contribution < 1.29 is 12.8 Å². The van der Waals surface area contributed by atoms with Gasteiger partial charge in [-0.05, 0) is 36.5 Å². The highest BCUT2D eigenvalue weighted by Crippen LogP contribution is 2.39. The number of thiazole rings is 1. The van der Waals surface area contributed by atoms with Crippen molar-refractivity contribution in [1.82, 2.24) is 9.88 Å². The predicted molar refractivity (Wildman–Crippen MR) is 130 cm³/mol. The van der Waals surface area contributed by atoms with E-state index >= 15 is 0 Å². The van der Waals surface area contributed by atoms with E-state index in [9.17, 15) is 12.8 Å². The smallest absolute Gasteiger partial charge is 0.266 e. The number of halogens is 2. The lowest BCUT2D eigenvalue weighted by Crippen LogP contribution is -2.35. The first-order valence-electron chi connectivity index (χ1n) is 10.8. The number of sulfonamides is 1. The molecule has 1 aromatic heterocycles. The molecule has 33 heavy (non-hydrogen) atoms. The SMILES string of the molecule is CN(c1cc(F)c(S(=O)(=O)Nc2cscn2)cc1Cl)[C@H]1CCN([C@H]2CCc3ccccc32)C1. The highest BCUT2D eigenvalue weighted by atomic mass is 35.5. The third-order valence-corrected chi connectivity index (χ3v) is 8.89. The minimum atomic E-state index is -4.14. The third kappa shape index (κ3) is 4.35. The number of benzene rings is 2. The lowest BCUT2D eigenvalue weighted by Gasteiger charge is -2.30. The van der Waals surface area contributed by atoms with Crippen molar-refractivity contribution in [2.24, 2.45) is 0 Å². The van der Waals surface area contributed by atoms with Crippen LogP contribution in [0.25, 0.3) is 0 Å². The number of aryl methyl sites for hydroxylation is 1. The number of nitrogens with one attached hydrogen (secondary N) is 1. The first-order chi connectivity index (χ1) is 15.8. The summed E-state index contributed by atoms with van der Waals surface area (Å²) in [6.07, 6.45) is 3.14. The number of likely N-dealkylation sites (tertiary alicyclic amines) is 1. The Bertz CT molecular complexity index is 1270. The Morgan fingerprint density at radius 1 is 1.27 bits per heavy atom. The van der Waals surface area contributed by atoms with Crippen molar-refractivity contribution in [3.8, 4) is 0 Å². The van der Waals surface area contributed by atoms with Gasteiger partial charge < -0.3 is 4.90 Å². The molecule has 0 radical (unpaired) electrons. The van der Waals surface area contributed by atoms with Crippen LogP contribution >= 0.6 is 22.9 Å². The van der Waals surface area contributed by atoms with Crippen molar-refractivity contribution in [1.29, 1.82) is 0 Å². The van der Waals surface area contributed by atoms with E-state index in [1.165, 1.54) is 45.5 Å². The van der Waals surface area contributed by atoms with Gasteiger partial charge in [-0.3, -0.25) is 9.62 Å². The molecule has 5 rings (SSSR count). The number of anilines is 2. The molecule has 10 heteroatoms. The van der Waals surface area contributed by atoms with Crippen LogP contribution in [0.1, 0.15) is 30.0 Å². The topological polar surface area (TPSA) is 65.5 Å². The lowest BCUT2D eigenvalue weighted by atomic mass is 10.1. The fourth-order valence-electron chi connectivity index (χ4n) is 4.93. The van der Waals surface area contributed by atoms with Gasteiger partial charge in [-0.1, -0.05) is 35.9 Å². The normalized spacial score (nSPS) is 20.7. The standard InChI is InChI=1S/C23H24ClFN4O2S2/c1-28(16-8-9-29(12-16)20-7-6-15-4-2-3-5-17(15)20)21-11-19(25)22(10-18(21)24)33(30,31)27-23-13-32-14-26-23/h2-5,10-11,13-14,16,20,27H,6-9,12H2,1H3/t16-,20-/m0/s1. The minimum Gasteiger partial charge on any atom is -0.369 e. The van der Waals surface area contributed by atoms with E-state index in [2.05, 4.69) is 38.9 Å². The van der Waals surface area contributed by atoms with Crippen molar-refractivity contribution in [2.45, 2.75) is 36.2 Å². The summed E-state index contributed by atoms with van der Waals surface area (Å²) >= 11 is 7.71. The van der Waals surface area contributed by atoms with Crippen LogP contribution in [0.4, 0.5) is 15.9 Å². The maximum absolute atomic E-state index is 15.0. The Labute approximate surface area is 202 Å². The average Bonchev–Trinajstić information content (AvgIpc) is 3.54. The molecule has 174 valence electrons. The van der Waals surface area contributed by atoms with Crippen LogP contribution in [-0.2, 0) is 16.4 Å². The second-order valence-corrected chi connectivity index (χ2v) is 11.3. The Balaban J connectivity index is 1.33. The van der Waals surface area contributed by atoms with Crippen LogP contribution in [0, 0.1) is 5.82 Å². The fraction of sp³-hybridized carbons (Fsp3) is 0.348. The molecule has 1 N–H and O–H groups in total. The number of nitrogens with zero attached hydrogens (tertiary/aromatic N) is 3. The molecule has 0 saturated carbocycles. The minimum absolute atomic E-state index is 0.149. The maximum Gasteiger partial charge on any atom is 0.266 e. The Morgan fingerprint density at radius 3 is 2.88 bits per heavy atom. The molecule has 0 amide bonds. The van der Waals surface area contributed by atoms with Crippen LogP contribution in [0.3, 0.4) is 0 Å². The molecular weight excluding hydrogens is 483 g/mol. The van der Waals surface area contributed by atoms with Gasteiger partial charge in [0.25, 0.3) is 10.0 Å². The zero-order valence-corrected chi connectivity index (χ0v) is 20.4. The Kier molecular flexibility index (Phi) is 6.07. The van der Waals surface area contributed by atoms with Gasteiger partial charge in [0.1, 0.15) is 10.7 Å². The summed E-state index contributed by atoms with van der Waals surface area (Å²) in [6, 6.07) is 11.6. The van der Waals surface area contributed by atoms with E-state index in [1.807, 2.05) is 11.9 Å². The fourth-order valence-corrected chi connectivity index (χ4v) is 6.93. The van der Waals surface area contributed by atoms with E-state index in [0.717, 1.165) is 32.4 Å². The van der Waals surface area contributed by atoms with Crippen LogP contribution in [0.15, 0.2) is 52.2 Å². The highest BCUT2D eigenvalue weighted by Gasteiger charge is 2.35. The van der Waals surface area contributed by atoms with Crippen LogP contribution in [0.2, 0.25) is 5.02 Å². The molecule has 1 aliphatic heterocycles. The van der Waals surface area contributed by atoms with Crippen LogP contribution < -0.4 is 9.62 Å². The summed E-state index contributed by atoms with van der Waals surface area (Å²) in [7, 11) is -2.25. The van der Waals surface area contributed by atoms with Crippen molar-refractivity contribution in [2.75, 3.05) is 29.8 Å².